The fourth-order valence-electron chi connectivity index (χ4n) is 2.99. The Bertz CT molecular complexity index is 876. The Balaban J connectivity index is 1.62. The van der Waals surface area contributed by atoms with Gasteiger partial charge in [0.2, 0.25) is 5.91 Å². The van der Waals surface area contributed by atoms with Crippen LogP contribution in [0.4, 0.5) is 0 Å². The van der Waals surface area contributed by atoms with Gasteiger partial charge in [-0.2, -0.15) is 0 Å². The molecule has 0 aliphatic rings. The van der Waals surface area contributed by atoms with Gasteiger partial charge in [-0.05, 0) is 31.5 Å². The lowest BCUT2D eigenvalue weighted by atomic mass is 10.1. The zero-order valence-corrected chi connectivity index (χ0v) is 15.7. The van der Waals surface area contributed by atoms with E-state index in [9.17, 15) is 4.79 Å². The second-order valence-corrected chi connectivity index (χ2v) is 6.75. The molecule has 0 bridgehead atoms. The van der Waals surface area contributed by atoms with Gasteiger partial charge in [0.1, 0.15) is 17.7 Å². The van der Waals surface area contributed by atoms with Crippen LogP contribution >= 0.6 is 0 Å². The molecule has 6 heteroatoms. The molecule has 1 atom stereocenters. The van der Waals surface area contributed by atoms with Crippen molar-refractivity contribution in [1.29, 1.82) is 0 Å². The number of amides is 1. The zero-order chi connectivity index (χ0) is 18.7. The van der Waals surface area contributed by atoms with Gasteiger partial charge in [-0.25, -0.2) is 9.97 Å². The van der Waals surface area contributed by atoms with Crippen molar-refractivity contribution in [2.45, 2.75) is 46.2 Å². The SMILES string of the molecule is Cc1nccn1-c1ccc(CNC(=O)[C@@H](C)n2ccnc2C(C)C)cc1. The molecule has 3 rings (SSSR count). The number of hydrogen-bond donors (Lipinski definition) is 1. The Morgan fingerprint density at radius 3 is 2.38 bits per heavy atom. The van der Waals surface area contributed by atoms with E-state index < -0.39 is 0 Å². The van der Waals surface area contributed by atoms with Gasteiger partial charge in [0.15, 0.2) is 0 Å². The van der Waals surface area contributed by atoms with E-state index in [-0.39, 0.29) is 17.9 Å². The first-order chi connectivity index (χ1) is 12.5. The molecule has 0 aliphatic carbocycles. The number of imidazole rings is 2. The van der Waals surface area contributed by atoms with Crippen molar-refractivity contribution in [2.24, 2.45) is 0 Å². The van der Waals surface area contributed by atoms with Crippen LogP contribution in [0, 0.1) is 6.92 Å². The van der Waals surface area contributed by atoms with E-state index >= 15 is 0 Å². The van der Waals surface area contributed by atoms with Gasteiger partial charge < -0.3 is 14.5 Å². The molecule has 2 heterocycles. The summed E-state index contributed by atoms with van der Waals surface area (Å²) in [5.74, 6) is 2.13. The number of aryl methyl sites for hydroxylation is 1. The van der Waals surface area contributed by atoms with E-state index in [1.165, 1.54) is 0 Å². The Hall–Kier alpha value is -2.89. The van der Waals surface area contributed by atoms with E-state index in [2.05, 4.69) is 29.1 Å². The number of hydrogen-bond acceptors (Lipinski definition) is 3. The number of nitrogens with one attached hydrogen (secondary N) is 1. The number of nitrogens with zero attached hydrogens (tertiary/aromatic N) is 4. The lowest BCUT2D eigenvalue weighted by Gasteiger charge is -2.18. The van der Waals surface area contributed by atoms with Crippen molar-refractivity contribution >= 4 is 5.91 Å². The summed E-state index contributed by atoms with van der Waals surface area (Å²) in [5.41, 5.74) is 2.12. The number of rotatable bonds is 6. The maximum absolute atomic E-state index is 12.5. The van der Waals surface area contributed by atoms with Gasteiger partial charge in [0.25, 0.3) is 0 Å². The van der Waals surface area contributed by atoms with Crippen LogP contribution in [-0.4, -0.2) is 25.0 Å². The molecule has 0 unspecified atom stereocenters. The Labute approximate surface area is 153 Å². The van der Waals surface area contributed by atoms with Gasteiger partial charge in [0.05, 0.1) is 0 Å². The fraction of sp³-hybridized carbons (Fsp3) is 0.350. The summed E-state index contributed by atoms with van der Waals surface area (Å²) in [6.45, 7) is 8.52. The Morgan fingerprint density at radius 1 is 1.08 bits per heavy atom. The van der Waals surface area contributed by atoms with Crippen LogP contribution in [0.25, 0.3) is 5.69 Å². The zero-order valence-electron chi connectivity index (χ0n) is 15.7. The highest BCUT2D eigenvalue weighted by Gasteiger charge is 2.18. The highest BCUT2D eigenvalue weighted by molar-refractivity contribution is 5.80. The van der Waals surface area contributed by atoms with Crippen molar-refractivity contribution < 1.29 is 4.79 Å². The minimum absolute atomic E-state index is 0.0144. The number of carbonyl (C=O) groups excluding carboxylic acids is 1. The average Bonchev–Trinajstić information content (AvgIpc) is 3.28. The molecule has 1 N–H and O–H groups in total. The van der Waals surface area contributed by atoms with Gasteiger partial charge >= 0.3 is 0 Å². The van der Waals surface area contributed by atoms with E-state index in [1.54, 1.807) is 12.4 Å². The second-order valence-electron chi connectivity index (χ2n) is 6.75. The van der Waals surface area contributed by atoms with Gasteiger partial charge in [0, 0.05) is 42.9 Å². The lowest BCUT2D eigenvalue weighted by molar-refractivity contribution is -0.124. The van der Waals surface area contributed by atoms with Crippen LogP contribution in [0.3, 0.4) is 0 Å². The maximum Gasteiger partial charge on any atom is 0.243 e. The fourth-order valence-corrected chi connectivity index (χ4v) is 2.99. The molecule has 1 aromatic carbocycles. The molecule has 2 aromatic heterocycles. The van der Waals surface area contributed by atoms with Crippen LogP contribution in [0.15, 0.2) is 49.1 Å². The smallest absolute Gasteiger partial charge is 0.243 e. The lowest BCUT2D eigenvalue weighted by Crippen LogP contribution is -2.31. The molecule has 0 saturated carbocycles. The van der Waals surface area contributed by atoms with E-state index in [1.807, 2.05) is 59.6 Å². The molecule has 6 nitrogen and oxygen atoms in total. The first-order valence-corrected chi connectivity index (χ1v) is 8.87. The maximum atomic E-state index is 12.5. The molecular formula is C20H25N5O. The predicted octanol–water partition coefficient (Wildman–Crippen LogP) is 3.38. The minimum atomic E-state index is -0.289. The summed E-state index contributed by atoms with van der Waals surface area (Å²) in [5, 5.41) is 3.01. The second kappa shape index (κ2) is 7.56. The summed E-state index contributed by atoms with van der Waals surface area (Å²) in [7, 11) is 0. The molecule has 0 spiro atoms. The minimum Gasteiger partial charge on any atom is -0.350 e. The van der Waals surface area contributed by atoms with Crippen LogP contribution in [-0.2, 0) is 11.3 Å². The van der Waals surface area contributed by atoms with E-state index in [0.29, 0.717) is 6.54 Å². The molecule has 0 aliphatic heterocycles. The van der Waals surface area contributed by atoms with Crippen LogP contribution in [0.1, 0.15) is 49.9 Å². The highest BCUT2D eigenvalue weighted by atomic mass is 16.2. The van der Waals surface area contributed by atoms with Gasteiger partial charge in [-0.3, -0.25) is 4.79 Å². The molecule has 3 aromatic rings. The standard InChI is InChI=1S/C20H25N5O/c1-14(2)19-22-10-11-24(19)15(3)20(26)23-13-17-5-7-18(8-6-17)25-12-9-21-16(25)4/h5-12,14-15H,13H2,1-4H3,(H,23,26)/t15-/m1/s1. The Kier molecular flexibility index (Phi) is 5.21. The van der Waals surface area contributed by atoms with Crippen LogP contribution in [0.5, 0.6) is 0 Å². The average molecular weight is 351 g/mol. The normalized spacial score (nSPS) is 12.3. The summed E-state index contributed by atoms with van der Waals surface area (Å²) in [6, 6.07) is 7.83. The van der Waals surface area contributed by atoms with Crippen molar-refractivity contribution in [3.63, 3.8) is 0 Å². The van der Waals surface area contributed by atoms with Crippen molar-refractivity contribution in [2.75, 3.05) is 0 Å². The summed E-state index contributed by atoms with van der Waals surface area (Å²) >= 11 is 0. The van der Waals surface area contributed by atoms with Crippen LogP contribution < -0.4 is 5.32 Å². The van der Waals surface area contributed by atoms with Crippen LogP contribution in [0.2, 0.25) is 0 Å². The molecule has 0 fully saturated rings. The molecule has 0 saturated heterocycles. The summed E-state index contributed by atoms with van der Waals surface area (Å²) in [4.78, 5) is 21.1. The van der Waals surface area contributed by atoms with Crippen molar-refractivity contribution in [1.82, 2.24) is 24.4 Å². The van der Waals surface area contributed by atoms with Gasteiger partial charge in [-0.15, -0.1) is 0 Å². The Morgan fingerprint density at radius 2 is 1.77 bits per heavy atom. The first-order valence-electron chi connectivity index (χ1n) is 8.87. The van der Waals surface area contributed by atoms with E-state index in [4.69, 9.17) is 0 Å². The largest absolute Gasteiger partial charge is 0.350 e. The van der Waals surface area contributed by atoms with Gasteiger partial charge in [-0.1, -0.05) is 26.0 Å². The molecule has 1 amide bonds. The van der Waals surface area contributed by atoms with Crippen molar-refractivity contribution in [3.05, 3.63) is 66.3 Å². The molecule has 26 heavy (non-hydrogen) atoms. The number of aromatic nitrogens is 4. The topological polar surface area (TPSA) is 64.7 Å². The molecule has 136 valence electrons. The van der Waals surface area contributed by atoms with Crippen molar-refractivity contribution in [3.8, 4) is 5.69 Å². The third-order valence-corrected chi connectivity index (χ3v) is 4.52. The highest BCUT2D eigenvalue weighted by Crippen LogP contribution is 2.17. The monoisotopic (exact) mass is 351 g/mol. The quantitative estimate of drug-likeness (QED) is 0.740. The summed E-state index contributed by atoms with van der Waals surface area (Å²) < 4.78 is 3.96. The summed E-state index contributed by atoms with van der Waals surface area (Å²) in [6.07, 6.45) is 7.33. The molecular weight excluding hydrogens is 326 g/mol. The third kappa shape index (κ3) is 3.69. The number of benzene rings is 1. The first kappa shape index (κ1) is 17.9. The molecule has 0 radical (unpaired) electrons. The predicted molar refractivity (Wildman–Crippen MR) is 101 cm³/mol. The van der Waals surface area contributed by atoms with E-state index in [0.717, 1.165) is 22.9 Å². The third-order valence-electron chi connectivity index (χ3n) is 4.52. The number of carbonyl (C=O) groups is 1.